The highest BCUT2D eigenvalue weighted by Gasteiger charge is 2.31. The highest BCUT2D eigenvalue weighted by atomic mass is 35.5. The van der Waals surface area contributed by atoms with Crippen LogP contribution in [0.1, 0.15) is 111 Å². The van der Waals surface area contributed by atoms with E-state index in [9.17, 15) is 14.7 Å². The summed E-state index contributed by atoms with van der Waals surface area (Å²) in [5.41, 5.74) is 0.921. The molecule has 0 radical (unpaired) electrons. The molecule has 9 nitrogen and oxygen atoms in total. The molecule has 0 bridgehead atoms. The topological polar surface area (TPSA) is 119 Å². The fourth-order valence-electron chi connectivity index (χ4n) is 6.22. The van der Waals surface area contributed by atoms with Crippen molar-refractivity contribution >= 4 is 51.7 Å². The van der Waals surface area contributed by atoms with E-state index >= 15 is 0 Å². The normalized spacial score (nSPS) is 11.8. The first kappa shape index (κ1) is 38.8. The van der Waals surface area contributed by atoms with Crippen molar-refractivity contribution < 1.29 is 19.4 Å². The number of aromatic nitrogens is 4. The Hall–Kier alpha value is -4.41. The van der Waals surface area contributed by atoms with Crippen molar-refractivity contribution in [3.05, 3.63) is 96.1 Å². The van der Waals surface area contributed by atoms with E-state index in [0.29, 0.717) is 38.6 Å². The number of hydrogen-bond donors (Lipinski definition) is 2. The van der Waals surface area contributed by atoms with Gasteiger partial charge in [0.2, 0.25) is 5.16 Å². The lowest BCUT2D eigenvalue weighted by Gasteiger charge is -2.19. The number of halogens is 1. The maximum absolute atomic E-state index is 14.2. The molecule has 5 rings (SSSR count). The Balaban J connectivity index is 1.32. The van der Waals surface area contributed by atoms with Crippen molar-refractivity contribution in [1.82, 2.24) is 20.2 Å². The quantitative estimate of drug-likeness (QED) is 0.0433. The number of nitrogens with one attached hydrogen (secondary N) is 1. The standard InChI is InChI=1S/C41H48ClN5O4S/c1-2-3-4-5-6-7-8-9-10-11-12-15-22-30(42)29-51-40(50)36-35(39(49)43-31-23-16-13-17-24-31)37(48)33-27-20-21-28-34(33)38(36)52-41-44-45-46-47(41)32-25-18-14-19-26-32/h13-14,16-21,23-28,30,48H,2-12,15,22,29H2,1H3,(H,43,49). The van der Waals surface area contributed by atoms with E-state index in [1.165, 1.54) is 64.2 Å². The van der Waals surface area contributed by atoms with Gasteiger partial charge >= 0.3 is 5.97 Å². The van der Waals surface area contributed by atoms with Crippen LogP contribution in [0.3, 0.4) is 0 Å². The smallest absolute Gasteiger partial charge is 0.340 e. The van der Waals surface area contributed by atoms with E-state index in [4.69, 9.17) is 16.3 Å². The number of unbranched alkanes of at least 4 members (excludes halogenated alkanes) is 11. The summed E-state index contributed by atoms with van der Waals surface area (Å²) < 4.78 is 7.38. The third kappa shape index (κ3) is 10.8. The molecule has 0 saturated carbocycles. The lowest BCUT2D eigenvalue weighted by Crippen LogP contribution is -2.21. The Kier molecular flexibility index (Phi) is 15.4. The molecule has 2 N–H and O–H groups in total. The minimum atomic E-state index is -0.777. The van der Waals surface area contributed by atoms with E-state index in [1.807, 2.05) is 36.4 Å². The first-order valence-corrected chi connectivity index (χ1v) is 19.7. The van der Waals surface area contributed by atoms with Gasteiger partial charge in [-0.15, -0.1) is 16.7 Å². The Morgan fingerprint density at radius 2 is 1.37 bits per heavy atom. The molecule has 5 aromatic rings. The number of phenolic OH excluding ortho intramolecular Hbond substituents is 1. The molecule has 11 heteroatoms. The summed E-state index contributed by atoms with van der Waals surface area (Å²) in [7, 11) is 0. The van der Waals surface area contributed by atoms with Gasteiger partial charge in [0.1, 0.15) is 12.4 Å². The van der Waals surface area contributed by atoms with Crippen molar-refractivity contribution in [3.63, 3.8) is 0 Å². The maximum Gasteiger partial charge on any atom is 0.340 e. The van der Waals surface area contributed by atoms with Crippen LogP contribution in [0.15, 0.2) is 95.0 Å². The van der Waals surface area contributed by atoms with Gasteiger partial charge in [-0.25, -0.2) is 4.79 Å². The number of phenols is 1. The summed E-state index contributed by atoms with van der Waals surface area (Å²) in [6.07, 6.45) is 15.7. The highest BCUT2D eigenvalue weighted by molar-refractivity contribution is 7.99. The number of ether oxygens (including phenoxy) is 1. The second kappa shape index (κ2) is 20.6. The zero-order valence-electron chi connectivity index (χ0n) is 29.8. The second-order valence-corrected chi connectivity index (χ2v) is 14.6. The summed E-state index contributed by atoms with van der Waals surface area (Å²) >= 11 is 7.80. The first-order chi connectivity index (χ1) is 25.5. The highest BCUT2D eigenvalue weighted by Crippen LogP contribution is 2.43. The molecular weight excluding hydrogens is 694 g/mol. The van der Waals surface area contributed by atoms with Crippen LogP contribution in [-0.2, 0) is 4.74 Å². The number of amides is 1. The van der Waals surface area contributed by atoms with Gasteiger partial charge in [-0.2, -0.15) is 4.68 Å². The van der Waals surface area contributed by atoms with Gasteiger partial charge in [0.05, 0.1) is 22.2 Å². The number of nitrogens with zero attached hydrogens (tertiary/aromatic N) is 4. The number of benzene rings is 4. The number of rotatable bonds is 21. The van der Waals surface area contributed by atoms with Gasteiger partial charge in [-0.1, -0.05) is 145 Å². The summed E-state index contributed by atoms with van der Waals surface area (Å²) in [4.78, 5) is 28.5. The van der Waals surface area contributed by atoms with Crippen LogP contribution in [-0.4, -0.2) is 49.2 Å². The number of para-hydroxylation sites is 2. The van der Waals surface area contributed by atoms with E-state index in [0.717, 1.165) is 24.6 Å². The molecular formula is C41H48ClN5O4S. The molecule has 4 aromatic carbocycles. The first-order valence-electron chi connectivity index (χ1n) is 18.4. The molecule has 1 amide bonds. The number of carbonyl (C=O) groups is 2. The number of alkyl halides is 1. The monoisotopic (exact) mass is 741 g/mol. The Morgan fingerprint density at radius 1 is 0.788 bits per heavy atom. The minimum Gasteiger partial charge on any atom is -0.506 e. The van der Waals surface area contributed by atoms with Crippen LogP contribution in [0.4, 0.5) is 5.69 Å². The van der Waals surface area contributed by atoms with Gasteiger partial charge in [0, 0.05) is 21.4 Å². The molecule has 1 unspecified atom stereocenters. The Bertz CT molecular complexity index is 1870. The van der Waals surface area contributed by atoms with Gasteiger partial charge < -0.3 is 15.2 Å². The summed E-state index contributed by atoms with van der Waals surface area (Å²) in [5, 5.41) is 27.6. The Morgan fingerprint density at radius 3 is 2.02 bits per heavy atom. The molecule has 1 heterocycles. The molecule has 0 spiro atoms. The molecule has 1 aromatic heterocycles. The van der Waals surface area contributed by atoms with E-state index in [1.54, 1.807) is 53.2 Å². The summed E-state index contributed by atoms with van der Waals surface area (Å²) in [6, 6.07) is 25.3. The number of esters is 1. The van der Waals surface area contributed by atoms with E-state index < -0.39 is 17.3 Å². The fourth-order valence-corrected chi connectivity index (χ4v) is 7.50. The van der Waals surface area contributed by atoms with Gasteiger partial charge in [0.15, 0.2) is 0 Å². The average molecular weight is 742 g/mol. The Labute approximate surface area is 315 Å². The lowest BCUT2D eigenvalue weighted by atomic mass is 9.98. The van der Waals surface area contributed by atoms with Crippen LogP contribution in [0.2, 0.25) is 0 Å². The zero-order valence-corrected chi connectivity index (χ0v) is 31.4. The minimum absolute atomic E-state index is 0.0440. The van der Waals surface area contributed by atoms with Crippen molar-refractivity contribution in [2.24, 2.45) is 0 Å². The fraction of sp³-hybridized carbons (Fsp3) is 0.390. The van der Waals surface area contributed by atoms with E-state index in [2.05, 4.69) is 27.8 Å². The van der Waals surface area contributed by atoms with Crippen LogP contribution >= 0.6 is 23.4 Å². The van der Waals surface area contributed by atoms with Crippen LogP contribution in [0.5, 0.6) is 5.75 Å². The molecule has 0 aliphatic heterocycles. The van der Waals surface area contributed by atoms with Gasteiger partial charge in [0.25, 0.3) is 5.91 Å². The van der Waals surface area contributed by atoms with Crippen molar-refractivity contribution in [1.29, 1.82) is 0 Å². The lowest BCUT2D eigenvalue weighted by molar-refractivity contribution is 0.0494. The molecule has 0 fully saturated rings. The molecule has 0 aliphatic carbocycles. The van der Waals surface area contributed by atoms with Crippen LogP contribution in [0.25, 0.3) is 16.5 Å². The van der Waals surface area contributed by atoms with Crippen molar-refractivity contribution in [3.8, 4) is 11.4 Å². The summed E-state index contributed by atoms with van der Waals surface area (Å²) in [6.45, 7) is 2.21. The SMILES string of the molecule is CCCCCCCCCCCCCCC(Cl)COC(=O)c1c(C(=O)Nc2ccccc2)c(O)c2ccccc2c1Sc1nnnn1-c1ccccc1. The number of anilines is 1. The summed E-state index contributed by atoms with van der Waals surface area (Å²) in [5.74, 6) is -1.77. The molecule has 1 atom stereocenters. The van der Waals surface area contributed by atoms with Crippen LogP contribution in [0, 0.1) is 0 Å². The number of carbonyl (C=O) groups excluding carboxylic acids is 2. The van der Waals surface area contributed by atoms with Crippen LogP contribution < -0.4 is 5.32 Å². The molecule has 0 aliphatic rings. The molecule has 0 saturated heterocycles. The average Bonchev–Trinajstić information content (AvgIpc) is 3.64. The molecule has 274 valence electrons. The third-order valence-electron chi connectivity index (χ3n) is 9.00. The van der Waals surface area contributed by atoms with Crippen molar-refractivity contribution in [2.45, 2.75) is 106 Å². The zero-order chi connectivity index (χ0) is 36.5. The predicted octanol–water partition coefficient (Wildman–Crippen LogP) is 10.8. The third-order valence-corrected chi connectivity index (χ3v) is 10.4. The number of hydrogen-bond acceptors (Lipinski definition) is 8. The van der Waals surface area contributed by atoms with Gasteiger partial charge in [-0.3, -0.25) is 4.79 Å². The maximum atomic E-state index is 14.2. The predicted molar refractivity (Wildman–Crippen MR) is 209 cm³/mol. The largest absolute Gasteiger partial charge is 0.506 e. The number of fused-ring (bicyclic) bond motifs is 1. The molecule has 52 heavy (non-hydrogen) atoms. The van der Waals surface area contributed by atoms with E-state index in [-0.39, 0.29) is 23.5 Å². The van der Waals surface area contributed by atoms with Gasteiger partial charge in [-0.05, 0) is 52.9 Å². The second-order valence-electron chi connectivity index (χ2n) is 13.0. The van der Waals surface area contributed by atoms with Crippen molar-refractivity contribution in [2.75, 3.05) is 11.9 Å². The number of tetrazole rings is 1. The number of aromatic hydroxyl groups is 1.